The van der Waals surface area contributed by atoms with Crippen molar-refractivity contribution in [2.45, 2.75) is 26.3 Å². The van der Waals surface area contributed by atoms with Gasteiger partial charge in [0.05, 0.1) is 4.88 Å². The Labute approximate surface area is 127 Å². The second-order valence-corrected chi connectivity index (χ2v) is 5.74. The Kier molecular flexibility index (Phi) is 5.92. The van der Waals surface area contributed by atoms with Crippen molar-refractivity contribution in [3.05, 3.63) is 34.5 Å². The van der Waals surface area contributed by atoms with Crippen LogP contribution >= 0.6 is 23.7 Å². The number of nitrogens with one attached hydrogen (secondary N) is 1. The quantitative estimate of drug-likeness (QED) is 0.910. The fourth-order valence-electron chi connectivity index (χ4n) is 1.96. The molecule has 3 nitrogen and oxygen atoms in total. The number of amides is 1. The summed E-state index contributed by atoms with van der Waals surface area (Å²) in [6, 6.07) is 4.96. The third kappa shape index (κ3) is 3.48. The molecule has 0 saturated carbocycles. The first kappa shape index (κ1) is 16.9. The van der Waals surface area contributed by atoms with Crippen molar-refractivity contribution in [1.82, 2.24) is 5.32 Å². The van der Waals surface area contributed by atoms with Gasteiger partial charge >= 0.3 is 0 Å². The third-order valence-corrected chi connectivity index (χ3v) is 4.25. The van der Waals surface area contributed by atoms with Gasteiger partial charge in [-0.15, -0.1) is 23.7 Å². The number of rotatable bonds is 4. The maximum Gasteiger partial charge on any atom is 0.261 e. The van der Waals surface area contributed by atoms with Crippen LogP contribution in [0.3, 0.4) is 0 Å². The van der Waals surface area contributed by atoms with E-state index >= 15 is 0 Å². The number of carbonyl (C=O) groups excluding carboxylic acids is 1. The zero-order valence-electron chi connectivity index (χ0n) is 11.4. The highest BCUT2D eigenvalue weighted by Gasteiger charge is 2.17. The van der Waals surface area contributed by atoms with Gasteiger partial charge in [-0.05, 0) is 38.0 Å². The van der Waals surface area contributed by atoms with Crippen LogP contribution in [0, 0.1) is 12.7 Å². The van der Waals surface area contributed by atoms with Crippen LogP contribution in [0.4, 0.5) is 4.39 Å². The summed E-state index contributed by atoms with van der Waals surface area (Å²) in [5.74, 6) is -0.431. The standard InChI is InChI=1S/C14H17FN2OS.ClH/c1-8(16)6-7-17-14(18)13-9(2)12-10(15)4-3-5-11(12)19-13;/h3-5,8H,6-7,16H2,1-2H3,(H,17,18);1H. The topological polar surface area (TPSA) is 55.1 Å². The number of benzene rings is 1. The van der Waals surface area contributed by atoms with Gasteiger partial charge in [0.2, 0.25) is 0 Å². The molecule has 2 aromatic rings. The minimum atomic E-state index is -0.277. The number of hydrogen-bond acceptors (Lipinski definition) is 3. The molecule has 1 unspecified atom stereocenters. The normalized spacial score (nSPS) is 12.0. The van der Waals surface area contributed by atoms with Gasteiger partial charge in [-0.25, -0.2) is 4.39 Å². The molecular weight excluding hydrogens is 299 g/mol. The van der Waals surface area contributed by atoms with E-state index < -0.39 is 0 Å². The Bertz CT molecular complexity index is 612. The molecule has 0 spiro atoms. The molecule has 0 saturated heterocycles. The Morgan fingerprint density at radius 1 is 1.50 bits per heavy atom. The van der Waals surface area contributed by atoms with Crippen molar-refractivity contribution < 1.29 is 9.18 Å². The fraction of sp³-hybridized carbons (Fsp3) is 0.357. The molecule has 20 heavy (non-hydrogen) atoms. The maximum atomic E-state index is 13.7. The summed E-state index contributed by atoms with van der Waals surface area (Å²) in [5.41, 5.74) is 6.34. The average Bonchev–Trinajstić information content (AvgIpc) is 2.67. The minimum Gasteiger partial charge on any atom is -0.351 e. The zero-order valence-corrected chi connectivity index (χ0v) is 13.0. The molecule has 0 radical (unpaired) electrons. The molecule has 1 amide bonds. The maximum absolute atomic E-state index is 13.7. The third-order valence-electron chi connectivity index (χ3n) is 2.99. The minimum absolute atomic E-state index is 0. The first-order valence-corrected chi connectivity index (χ1v) is 7.03. The lowest BCUT2D eigenvalue weighted by Crippen LogP contribution is -2.28. The van der Waals surface area contributed by atoms with E-state index in [4.69, 9.17) is 5.73 Å². The molecule has 1 heterocycles. The van der Waals surface area contributed by atoms with Gasteiger partial charge in [-0.2, -0.15) is 0 Å². The van der Waals surface area contributed by atoms with E-state index in [1.807, 2.05) is 13.0 Å². The fourth-order valence-corrected chi connectivity index (χ4v) is 3.10. The number of halogens is 2. The number of fused-ring (bicyclic) bond motifs is 1. The smallest absolute Gasteiger partial charge is 0.261 e. The van der Waals surface area contributed by atoms with Crippen LogP contribution < -0.4 is 11.1 Å². The summed E-state index contributed by atoms with van der Waals surface area (Å²) in [7, 11) is 0. The highest BCUT2D eigenvalue weighted by molar-refractivity contribution is 7.21. The van der Waals surface area contributed by atoms with E-state index in [1.165, 1.54) is 17.4 Å². The predicted octanol–water partition coefficient (Wildman–Crippen LogP) is 3.24. The monoisotopic (exact) mass is 316 g/mol. The lowest BCUT2D eigenvalue weighted by atomic mass is 10.1. The van der Waals surface area contributed by atoms with Crippen LogP contribution in [-0.4, -0.2) is 18.5 Å². The van der Waals surface area contributed by atoms with Crippen molar-refractivity contribution in [2.24, 2.45) is 5.73 Å². The Balaban J connectivity index is 0.00000200. The molecule has 1 atom stereocenters. The lowest BCUT2D eigenvalue weighted by Gasteiger charge is -2.06. The van der Waals surface area contributed by atoms with E-state index in [2.05, 4.69) is 5.32 Å². The summed E-state index contributed by atoms with van der Waals surface area (Å²) >= 11 is 1.32. The Hall–Kier alpha value is -1.17. The second kappa shape index (κ2) is 7.02. The van der Waals surface area contributed by atoms with Gasteiger partial charge in [-0.3, -0.25) is 4.79 Å². The van der Waals surface area contributed by atoms with E-state index in [-0.39, 0.29) is 30.2 Å². The number of carbonyl (C=O) groups is 1. The number of aryl methyl sites for hydroxylation is 1. The van der Waals surface area contributed by atoms with Gasteiger partial charge in [0.1, 0.15) is 5.82 Å². The highest BCUT2D eigenvalue weighted by atomic mass is 35.5. The van der Waals surface area contributed by atoms with Crippen LogP contribution in [0.2, 0.25) is 0 Å². The Morgan fingerprint density at radius 2 is 2.20 bits per heavy atom. The van der Waals surface area contributed by atoms with E-state index in [0.717, 1.165) is 11.1 Å². The summed E-state index contributed by atoms with van der Waals surface area (Å²) in [5, 5.41) is 3.37. The van der Waals surface area contributed by atoms with E-state index in [1.54, 1.807) is 13.0 Å². The van der Waals surface area contributed by atoms with E-state index in [9.17, 15) is 9.18 Å². The highest BCUT2D eigenvalue weighted by Crippen LogP contribution is 2.32. The van der Waals surface area contributed by atoms with Gasteiger partial charge in [0.25, 0.3) is 5.91 Å². The number of hydrogen-bond donors (Lipinski definition) is 2. The lowest BCUT2D eigenvalue weighted by molar-refractivity contribution is 0.0956. The van der Waals surface area contributed by atoms with Gasteiger partial charge in [0, 0.05) is 22.7 Å². The molecule has 0 fully saturated rings. The van der Waals surface area contributed by atoms with Crippen molar-refractivity contribution in [3.8, 4) is 0 Å². The zero-order chi connectivity index (χ0) is 14.0. The largest absolute Gasteiger partial charge is 0.351 e. The van der Waals surface area contributed by atoms with Crippen LogP contribution in [0.1, 0.15) is 28.6 Å². The molecule has 6 heteroatoms. The van der Waals surface area contributed by atoms with Gasteiger partial charge < -0.3 is 11.1 Å². The van der Waals surface area contributed by atoms with Crippen LogP contribution in [0.25, 0.3) is 10.1 Å². The van der Waals surface area contributed by atoms with Gasteiger partial charge in [0.15, 0.2) is 0 Å². The summed E-state index contributed by atoms with van der Waals surface area (Å²) < 4.78 is 14.5. The molecule has 0 aliphatic heterocycles. The molecule has 0 aliphatic carbocycles. The first-order chi connectivity index (χ1) is 9.00. The molecule has 110 valence electrons. The molecule has 2 rings (SSSR count). The SMILES string of the molecule is Cc1c(C(=O)NCCC(C)N)sc2cccc(F)c12.Cl. The van der Waals surface area contributed by atoms with Crippen molar-refractivity contribution >= 4 is 39.7 Å². The van der Waals surface area contributed by atoms with Crippen molar-refractivity contribution in [3.63, 3.8) is 0 Å². The second-order valence-electron chi connectivity index (χ2n) is 4.69. The van der Waals surface area contributed by atoms with Crippen LogP contribution in [0.5, 0.6) is 0 Å². The number of nitrogens with two attached hydrogens (primary N) is 1. The van der Waals surface area contributed by atoms with Crippen molar-refractivity contribution in [1.29, 1.82) is 0 Å². The predicted molar refractivity (Wildman–Crippen MR) is 84.4 cm³/mol. The molecule has 1 aromatic carbocycles. The molecule has 0 bridgehead atoms. The molecule has 3 N–H and O–H groups in total. The summed E-state index contributed by atoms with van der Waals surface area (Å²) in [6.45, 7) is 4.21. The van der Waals surface area contributed by atoms with E-state index in [0.29, 0.717) is 22.4 Å². The average molecular weight is 317 g/mol. The van der Waals surface area contributed by atoms with Crippen LogP contribution in [-0.2, 0) is 0 Å². The Morgan fingerprint density at radius 3 is 2.80 bits per heavy atom. The molecule has 0 aliphatic rings. The summed E-state index contributed by atoms with van der Waals surface area (Å²) in [4.78, 5) is 12.6. The van der Waals surface area contributed by atoms with Crippen molar-refractivity contribution in [2.75, 3.05) is 6.54 Å². The van der Waals surface area contributed by atoms with Gasteiger partial charge in [-0.1, -0.05) is 6.07 Å². The number of thiophene rings is 1. The molecule has 1 aromatic heterocycles. The summed E-state index contributed by atoms with van der Waals surface area (Å²) in [6.07, 6.45) is 0.726. The van der Waals surface area contributed by atoms with Crippen LogP contribution in [0.15, 0.2) is 18.2 Å². The first-order valence-electron chi connectivity index (χ1n) is 6.22. The molecular formula is C14H18ClFN2OS.